The van der Waals surface area contributed by atoms with Gasteiger partial charge in [0.25, 0.3) is 0 Å². The summed E-state index contributed by atoms with van der Waals surface area (Å²) < 4.78 is 5.32. The van der Waals surface area contributed by atoms with Crippen molar-refractivity contribution >= 4 is 11.7 Å². The number of carbonyl (C=O) groups excluding carboxylic acids is 1. The molecule has 1 aromatic rings. The highest BCUT2D eigenvalue weighted by Gasteiger charge is 2.19. The van der Waals surface area contributed by atoms with Crippen LogP contribution in [0.2, 0.25) is 0 Å². The summed E-state index contributed by atoms with van der Waals surface area (Å²) in [6, 6.07) is 5.08. The Bertz CT molecular complexity index is 427. The van der Waals surface area contributed by atoms with Gasteiger partial charge >= 0.3 is 0 Å². The van der Waals surface area contributed by atoms with E-state index in [4.69, 9.17) is 4.74 Å². The fraction of sp³-hybridized carbons (Fsp3) is 0.571. The molecule has 0 fully saturated rings. The van der Waals surface area contributed by atoms with Crippen LogP contribution < -0.4 is 15.4 Å². The molecule has 1 atom stereocenters. The van der Waals surface area contributed by atoms with Gasteiger partial charge in [-0.25, -0.2) is 0 Å². The van der Waals surface area contributed by atoms with Gasteiger partial charge in [0.15, 0.2) is 0 Å². The lowest BCUT2D eigenvalue weighted by Gasteiger charge is -2.24. The fourth-order valence-corrected chi connectivity index (χ4v) is 1.49. The molecule has 5 nitrogen and oxygen atoms in total. The summed E-state index contributed by atoms with van der Waals surface area (Å²) in [6.45, 7) is 10.1. The summed E-state index contributed by atoms with van der Waals surface area (Å²) in [5.74, 6) is 1.12. The molecule has 0 bridgehead atoms. The normalized spacial score (nSPS) is 12.7. The number of hydrogen-bond donors (Lipinski definition) is 2. The second kappa shape index (κ2) is 6.41. The Hall–Kier alpha value is -1.78. The van der Waals surface area contributed by atoms with Crippen molar-refractivity contribution in [1.82, 2.24) is 10.3 Å². The number of carbonyl (C=O) groups is 1. The number of rotatable bonds is 5. The average Bonchev–Trinajstić information content (AvgIpc) is 2.27. The van der Waals surface area contributed by atoms with Crippen molar-refractivity contribution in [1.29, 1.82) is 0 Å². The Balaban J connectivity index is 2.63. The summed E-state index contributed by atoms with van der Waals surface area (Å²) in [4.78, 5) is 16.2. The third kappa shape index (κ3) is 5.59. The lowest BCUT2D eigenvalue weighted by molar-refractivity contribution is -0.122. The maximum absolute atomic E-state index is 11.9. The van der Waals surface area contributed by atoms with Crippen molar-refractivity contribution in [2.75, 3.05) is 11.9 Å². The van der Waals surface area contributed by atoms with E-state index in [2.05, 4.69) is 15.6 Å². The first-order chi connectivity index (χ1) is 8.81. The Morgan fingerprint density at radius 3 is 2.68 bits per heavy atom. The number of pyridine rings is 1. The number of hydrogen-bond acceptors (Lipinski definition) is 4. The molecule has 0 aromatic carbocycles. The molecule has 0 saturated carbocycles. The minimum atomic E-state index is -0.358. The largest absolute Gasteiger partial charge is 0.478 e. The number of anilines is 1. The number of ether oxygens (including phenoxy) is 1. The zero-order valence-corrected chi connectivity index (χ0v) is 12.3. The van der Waals surface area contributed by atoms with Crippen molar-refractivity contribution < 1.29 is 9.53 Å². The molecule has 106 valence electrons. The Labute approximate surface area is 114 Å². The summed E-state index contributed by atoms with van der Waals surface area (Å²) in [5, 5.41) is 5.98. The molecular formula is C14H23N3O2. The molecule has 1 rings (SSSR count). The molecule has 0 spiro atoms. The third-order valence-electron chi connectivity index (χ3n) is 2.27. The molecule has 1 heterocycles. The van der Waals surface area contributed by atoms with Crippen LogP contribution in [-0.4, -0.2) is 29.1 Å². The molecule has 1 unspecified atom stereocenters. The minimum absolute atomic E-state index is 0.0592. The molecule has 5 heteroatoms. The maximum Gasteiger partial charge on any atom is 0.242 e. The van der Waals surface area contributed by atoms with Gasteiger partial charge in [0.1, 0.15) is 11.9 Å². The minimum Gasteiger partial charge on any atom is -0.478 e. The molecule has 0 aliphatic heterocycles. The van der Waals surface area contributed by atoms with Crippen molar-refractivity contribution in [2.24, 2.45) is 0 Å². The molecule has 0 radical (unpaired) electrons. The Morgan fingerprint density at radius 1 is 1.42 bits per heavy atom. The molecule has 19 heavy (non-hydrogen) atoms. The quantitative estimate of drug-likeness (QED) is 0.856. The second-order valence-corrected chi connectivity index (χ2v) is 5.40. The number of nitrogens with one attached hydrogen (secondary N) is 2. The van der Waals surface area contributed by atoms with Crippen LogP contribution in [0.4, 0.5) is 5.82 Å². The standard InChI is InChI=1S/C14H23N3O2/c1-6-19-12-9-7-8-11(16-12)15-10(2)13(18)17-14(3,4)5/h7-10H,6H2,1-5H3,(H,15,16)(H,17,18). The van der Waals surface area contributed by atoms with Gasteiger partial charge < -0.3 is 15.4 Å². The predicted octanol–water partition coefficient (Wildman–Crippen LogP) is 2.20. The van der Waals surface area contributed by atoms with E-state index in [1.165, 1.54) is 0 Å². The molecule has 1 amide bonds. The van der Waals surface area contributed by atoms with E-state index in [1.807, 2.05) is 39.8 Å². The zero-order chi connectivity index (χ0) is 14.5. The van der Waals surface area contributed by atoms with E-state index >= 15 is 0 Å². The fourth-order valence-electron chi connectivity index (χ4n) is 1.49. The first-order valence-electron chi connectivity index (χ1n) is 6.50. The van der Waals surface area contributed by atoms with E-state index < -0.39 is 0 Å². The van der Waals surface area contributed by atoms with Crippen LogP contribution in [0.5, 0.6) is 5.88 Å². The van der Waals surface area contributed by atoms with Gasteiger partial charge in [-0.15, -0.1) is 0 Å². The van der Waals surface area contributed by atoms with Gasteiger partial charge in [-0.1, -0.05) is 6.07 Å². The van der Waals surface area contributed by atoms with E-state index in [0.29, 0.717) is 18.3 Å². The van der Waals surface area contributed by atoms with Gasteiger partial charge in [-0.05, 0) is 40.7 Å². The van der Waals surface area contributed by atoms with Crippen LogP contribution in [0.1, 0.15) is 34.6 Å². The number of amides is 1. The van der Waals surface area contributed by atoms with Crippen molar-refractivity contribution in [3.8, 4) is 5.88 Å². The molecule has 0 aliphatic rings. The van der Waals surface area contributed by atoms with Crippen molar-refractivity contribution in [2.45, 2.75) is 46.2 Å². The molecular weight excluding hydrogens is 242 g/mol. The SMILES string of the molecule is CCOc1cccc(NC(C)C(=O)NC(C)(C)C)n1. The topological polar surface area (TPSA) is 63.2 Å². The highest BCUT2D eigenvalue weighted by Crippen LogP contribution is 2.12. The summed E-state index contributed by atoms with van der Waals surface area (Å²) in [5.41, 5.74) is -0.242. The van der Waals surface area contributed by atoms with E-state index in [1.54, 1.807) is 13.0 Å². The van der Waals surface area contributed by atoms with Crippen LogP contribution in [0.3, 0.4) is 0 Å². The molecule has 0 aliphatic carbocycles. The first-order valence-corrected chi connectivity index (χ1v) is 6.50. The van der Waals surface area contributed by atoms with Crippen LogP contribution in [0.25, 0.3) is 0 Å². The lowest BCUT2D eigenvalue weighted by Crippen LogP contribution is -2.47. The third-order valence-corrected chi connectivity index (χ3v) is 2.27. The van der Waals surface area contributed by atoms with Gasteiger partial charge in [-0.2, -0.15) is 4.98 Å². The van der Waals surface area contributed by atoms with Crippen LogP contribution in [0.15, 0.2) is 18.2 Å². The molecule has 1 aromatic heterocycles. The van der Waals surface area contributed by atoms with Crippen LogP contribution in [-0.2, 0) is 4.79 Å². The van der Waals surface area contributed by atoms with Gasteiger partial charge in [-0.3, -0.25) is 4.79 Å². The predicted molar refractivity (Wildman–Crippen MR) is 76.4 cm³/mol. The van der Waals surface area contributed by atoms with E-state index in [-0.39, 0.29) is 17.5 Å². The van der Waals surface area contributed by atoms with Crippen molar-refractivity contribution in [3.05, 3.63) is 18.2 Å². The second-order valence-electron chi connectivity index (χ2n) is 5.40. The highest BCUT2D eigenvalue weighted by molar-refractivity contribution is 5.84. The number of aromatic nitrogens is 1. The maximum atomic E-state index is 11.9. The molecule has 2 N–H and O–H groups in total. The lowest BCUT2D eigenvalue weighted by atomic mass is 10.1. The van der Waals surface area contributed by atoms with Crippen LogP contribution >= 0.6 is 0 Å². The number of nitrogens with zero attached hydrogens (tertiary/aromatic N) is 1. The highest BCUT2D eigenvalue weighted by atomic mass is 16.5. The Morgan fingerprint density at radius 2 is 2.11 bits per heavy atom. The summed E-state index contributed by atoms with van der Waals surface area (Å²) in [6.07, 6.45) is 0. The van der Waals surface area contributed by atoms with Crippen molar-refractivity contribution in [3.63, 3.8) is 0 Å². The van der Waals surface area contributed by atoms with Gasteiger partial charge in [0.05, 0.1) is 6.61 Å². The first kappa shape index (κ1) is 15.3. The summed E-state index contributed by atoms with van der Waals surface area (Å²) in [7, 11) is 0. The van der Waals surface area contributed by atoms with Gasteiger partial charge in [0, 0.05) is 11.6 Å². The Kier molecular flexibility index (Phi) is 5.15. The zero-order valence-electron chi connectivity index (χ0n) is 12.3. The average molecular weight is 265 g/mol. The van der Waals surface area contributed by atoms with E-state index in [0.717, 1.165) is 0 Å². The van der Waals surface area contributed by atoms with E-state index in [9.17, 15) is 4.79 Å². The molecule has 0 saturated heterocycles. The monoisotopic (exact) mass is 265 g/mol. The smallest absolute Gasteiger partial charge is 0.242 e. The summed E-state index contributed by atoms with van der Waals surface area (Å²) >= 11 is 0. The van der Waals surface area contributed by atoms with Gasteiger partial charge in [0.2, 0.25) is 11.8 Å². The van der Waals surface area contributed by atoms with Crippen LogP contribution in [0, 0.1) is 0 Å².